The van der Waals surface area contributed by atoms with Gasteiger partial charge in [0.2, 0.25) is 5.11 Å². The highest BCUT2D eigenvalue weighted by Gasteiger charge is 2.05. The van der Waals surface area contributed by atoms with Gasteiger partial charge in [-0.1, -0.05) is 0 Å². The van der Waals surface area contributed by atoms with Crippen molar-refractivity contribution in [3.8, 4) is 0 Å². The van der Waals surface area contributed by atoms with E-state index in [0.29, 0.717) is 5.11 Å². The van der Waals surface area contributed by atoms with E-state index in [0.717, 1.165) is 0 Å². The molecule has 0 aromatic rings. The van der Waals surface area contributed by atoms with E-state index in [1.807, 2.05) is 0 Å². The Morgan fingerprint density at radius 1 is 1.12 bits per heavy atom. The molecule has 8 heavy (non-hydrogen) atoms. The highest BCUT2D eigenvalue weighted by atomic mass is 32.1. The third kappa shape index (κ3) is 0.969. The first kappa shape index (κ1) is 5.10. The second kappa shape index (κ2) is 1.83. The molecule has 0 aliphatic carbocycles. The minimum atomic E-state index is -0.349. The molecule has 1 aliphatic heterocycles. The average molecular weight is 132 g/mol. The standard InChI is InChI=1S/C2H4N4OS/c7-1-3-5-2(8)6-4-1/h(H2,3,4,7)(H2,5,6,8). The van der Waals surface area contributed by atoms with Gasteiger partial charge in [0, 0.05) is 0 Å². The molecule has 5 nitrogen and oxygen atoms in total. The highest BCUT2D eigenvalue weighted by molar-refractivity contribution is 7.80. The number of rotatable bonds is 0. The molecule has 0 spiro atoms. The summed E-state index contributed by atoms with van der Waals surface area (Å²) < 4.78 is 0. The molecule has 1 saturated heterocycles. The quantitative estimate of drug-likeness (QED) is 0.306. The Morgan fingerprint density at radius 3 is 2.00 bits per heavy atom. The Morgan fingerprint density at radius 2 is 1.62 bits per heavy atom. The first-order chi connectivity index (χ1) is 3.79. The molecule has 0 atom stereocenters. The van der Waals surface area contributed by atoms with Gasteiger partial charge in [0.15, 0.2) is 0 Å². The number of hydrogen-bond acceptors (Lipinski definition) is 2. The maximum atomic E-state index is 10.2. The number of hydrogen-bond donors (Lipinski definition) is 4. The van der Waals surface area contributed by atoms with E-state index in [9.17, 15) is 4.79 Å². The largest absolute Gasteiger partial charge is 0.352 e. The second-order valence-electron chi connectivity index (χ2n) is 1.16. The molecule has 0 saturated carbocycles. The van der Waals surface area contributed by atoms with Crippen molar-refractivity contribution in [3.05, 3.63) is 0 Å². The molecule has 2 amide bonds. The fourth-order valence-electron chi connectivity index (χ4n) is 0.290. The SMILES string of the molecule is O=C1NNC(=S)NN1. The first-order valence-corrected chi connectivity index (χ1v) is 2.32. The minimum Gasteiger partial charge on any atom is -0.271 e. The molecular weight excluding hydrogens is 128 g/mol. The Bertz CT molecular complexity index is 106. The smallest absolute Gasteiger partial charge is 0.271 e. The molecule has 0 aromatic heterocycles. The topological polar surface area (TPSA) is 65.2 Å². The lowest BCUT2D eigenvalue weighted by Gasteiger charge is -2.17. The molecule has 1 fully saturated rings. The van der Waals surface area contributed by atoms with E-state index in [4.69, 9.17) is 0 Å². The minimum absolute atomic E-state index is 0.349. The van der Waals surface area contributed by atoms with E-state index >= 15 is 0 Å². The van der Waals surface area contributed by atoms with Gasteiger partial charge in [-0.15, -0.1) is 0 Å². The van der Waals surface area contributed by atoms with Crippen LogP contribution in [0.3, 0.4) is 0 Å². The lowest BCUT2D eigenvalue weighted by molar-refractivity contribution is 0.234. The Hall–Kier alpha value is -1.04. The van der Waals surface area contributed by atoms with Crippen LogP contribution in [0, 0.1) is 0 Å². The number of carbonyl (C=O) groups is 1. The Kier molecular flexibility index (Phi) is 1.17. The molecule has 1 heterocycles. The number of thiocarbonyl (C=S) groups is 1. The van der Waals surface area contributed by atoms with Crippen LogP contribution in [-0.2, 0) is 0 Å². The average Bonchev–Trinajstić information content (AvgIpc) is 1.77. The summed E-state index contributed by atoms with van der Waals surface area (Å²) >= 11 is 4.56. The molecule has 0 unspecified atom stereocenters. The third-order valence-corrected chi connectivity index (χ3v) is 0.783. The molecule has 4 N–H and O–H groups in total. The van der Waals surface area contributed by atoms with E-state index in [1.54, 1.807) is 0 Å². The van der Waals surface area contributed by atoms with E-state index in [1.165, 1.54) is 0 Å². The van der Waals surface area contributed by atoms with Gasteiger partial charge in [-0.25, -0.2) is 15.6 Å². The Balaban J connectivity index is 2.40. The van der Waals surface area contributed by atoms with Crippen LogP contribution < -0.4 is 21.7 Å². The maximum Gasteiger partial charge on any atom is 0.352 e. The number of carbonyl (C=O) groups excluding carboxylic acids is 1. The summed E-state index contributed by atoms with van der Waals surface area (Å²) in [6, 6.07) is -0.349. The van der Waals surface area contributed by atoms with Gasteiger partial charge < -0.3 is 0 Å². The summed E-state index contributed by atoms with van der Waals surface area (Å²) in [6.45, 7) is 0. The van der Waals surface area contributed by atoms with Gasteiger partial charge >= 0.3 is 6.03 Å². The summed E-state index contributed by atoms with van der Waals surface area (Å²) in [5.74, 6) is 0. The van der Waals surface area contributed by atoms with Crippen LogP contribution in [0.2, 0.25) is 0 Å². The zero-order valence-corrected chi connectivity index (χ0v) is 4.63. The van der Waals surface area contributed by atoms with Gasteiger partial charge in [0.1, 0.15) is 0 Å². The van der Waals surface area contributed by atoms with Crippen molar-refractivity contribution in [1.29, 1.82) is 0 Å². The van der Waals surface area contributed by atoms with Gasteiger partial charge in [-0.2, -0.15) is 0 Å². The van der Waals surface area contributed by atoms with Crippen LogP contribution in [0.1, 0.15) is 0 Å². The van der Waals surface area contributed by atoms with Crippen LogP contribution in [0.5, 0.6) is 0 Å². The summed E-state index contributed by atoms with van der Waals surface area (Å²) in [7, 11) is 0. The second-order valence-corrected chi connectivity index (χ2v) is 1.57. The molecule has 1 rings (SSSR count). The van der Waals surface area contributed by atoms with Gasteiger partial charge in [0.25, 0.3) is 0 Å². The molecule has 1 aliphatic rings. The zero-order valence-electron chi connectivity index (χ0n) is 3.82. The number of urea groups is 1. The lowest BCUT2D eigenvalue weighted by Crippen LogP contribution is -2.62. The molecule has 6 heteroatoms. The third-order valence-electron chi connectivity index (χ3n) is 0.579. The molecular formula is C2H4N4OS. The maximum absolute atomic E-state index is 10.2. The van der Waals surface area contributed by atoms with Crippen LogP contribution in [0.15, 0.2) is 0 Å². The summed E-state index contributed by atoms with van der Waals surface area (Å²) in [6.07, 6.45) is 0. The summed E-state index contributed by atoms with van der Waals surface area (Å²) in [5.41, 5.74) is 9.24. The van der Waals surface area contributed by atoms with Crippen LogP contribution in [0.25, 0.3) is 0 Å². The van der Waals surface area contributed by atoms with Crippen molar-refractivity contribution >= 4 is 23.4 Å². The number of hydrazine groups is 2. The van der Waals surface area contributed by atoms with Crippen LogP contribution >= 0.6 is 12.2 Å². The van der Waals surface area contributed by atoms with Crippen molar-refractivity contribution in [2.24, 2.45) is 0 Å². The number of nitrogens with one attached hydrogen (secondary N) is 4. The Labute approximate surface area is 50.8 Å². The first-order valence-electron chi connectivity index (χ1n) is 1.91. The van der Waals surface area contributed by atoms with Crippen LogP contribution in [0.4, 0.5) is 4.79 Å². The van der Waals surface area contributed by atoms with Gasteiger partial charge in [-0.3, -0.25) is 10.9 Å². The molecule has 0 bridgehead atoms. The summed E-state index contributed by atoms with van der Waals surface area (Å²) in [5, 5.41) is 0.351. The highest BCUT2D eigenvalue weighted by Crippen LogP contribution is 1.66. The van der Waals surface area contributed by atoms with Crippen molar-refractivity contribution in [1.82, 2.24) is 21.7 Å². The van der Waals surface area contributed by atoms with Crippen LogP contribution in [-0.4, -0.2) is 11.1 Å². The van der Waals surface area contributed by atoms with Crippen molar-refractivity contribution in [2.75, 3.05) is 0 Å². The van der Waals surface area contributed by atoms with Crippen molar-refractivity contribution < 1.29 is 4.79 Å². The monoisotopic (exact) mass is 132 g/mol. The van der Waals surface area contributed by atoms with Crippen molar-refractivity contribution in [3.63, 3.8) is 0 Å². The van der Waals surface area contributed by atoms with Gasteiger partial charge in [0.05, 0.1) is 0 Å². The predicted octanol–water partition coefficient (Wildman–Crippen LogP) is -1.41. The van der Waals surface area contributed by atoms with Gasteiger partial charge in [-0.05, 0) is 12.2 Å². The van der Waals surface area contributed by atoms with E-state index in [-0.39, 0.29) is 6.03 Å². The molecule has 44 valence electrons. The van der Waals surface area contributed by atoms with E-state index < -0.39 is 0 Å². The normalized spacial score (nSPS) is 17.5. The lowest BCUT2D eigenvalue weighted by atomic mass is 11.0. The predicted molar refractivity (Wildman–Crippen MR) is 30.5 cm³/mol. The van der Waals surface area contributed by atoms with Crippen molar-refractivity contribution in [2.45, 2.75) is 0 Å². The molecule has 0 radical (unpaired) electrons. The zero-order chi connectivity index (χ0) is 5.98. The fraction of sp³-hybridized carbons (Fsp3) is 0. The summed E-state index contributed by atoms with van der Waals surface area (Å²) in [4.78, 5) is 10.2. The number of amides is 2. The van der Waals surface area contributed by atoms with E-state index in [2.05, 4.69) is 33.9 Å². The fourth-order valence-corrected chi connectivity index (χ4v) is 0.392. The molecule has 0 aromatic carbocycles.